The van der Waals surface area contributed by atoms with Gasteiger partial charge in [0.2, 0.25) is 0 Å². The van der Waals surface area contributed by atoms with Crippen LogP contribution in [0.3, 0.4) is 0 Å². The van der Waals surface area contributed by atoms with Crippen LogP contribution in [0.4, 0.5) is 0 Å². The number of nitrogens with zero attached hydrogens (tertiary/aromatic N) is 5. The van der Waals surface area contributed by atoms with Crippen LogP contribution in [0.2, 0.25) is 5.02 Å². The molecule has 2 saturated carbocycles. The van der Waals surface area contributed by atoms with Gasteiger partial charge in [0.1, 0.15) is 11.7 Å². The highest BCUT2D eigenvalue weighted by atomic mass is 35.5. The summed E-state index contributed by atoms with van der Waals surface area (Å²) >= 11 is 6.54. The van der Waals surface area contributed by atoms with E-state index in [0.717, 1.165) is 34.0 Å². The van der Waals surface area contributed by atoms with Crippen molar-refractivity contribution in [3.8, 4) is 17.5 Å². The lowest BCUT2D eigenvalue weighted by molar-refractivity contribution is 0.336. The van der Waals surface area contributed by atoms with E-state index in [9.17, 15) is 5.26 Å². The Balaban J connectivity index is 1.67. The number of hydrogen-bond acceptors (Lipinski definition) is 3. The average Bonchev–Trinajstić information content (AvgIpc) is 3.41. The lowest BCUT2D eigenvalue weighted by Gasteiger charge is -2.24. The highest BCUT2D eigenvalue weighted by molar-refractivity contribution is 6.35. The Hall–Kier alpha value is -2.78. The molecule has 2 bridgehead atoms. The number of H-pyrrole nitrogens is 1. The van der Waals surface area contributed by atoms with E-state index in [0.29, 0.717) is 22.5 Å². The Bertz CT molecular complexity index is 1190. The Morgan fingerprint density at radius 1 is 1.28 bits per heavy atom. The maximum absolute atomic E-state index is 9.37. The summed E-state index contributed by atoms with van der Waals surface area (Å²) in [6.45, 7) is 1.97. The molecule has 1 N–H and O–H groups in total. The molecule has 2 aliphatic rings. The molecule has 0 radical (unpaired) electrons. The van der Waals surface area contributed by atoms with E-state index in [1.54, 1.807) is 10.9 Å². The summed E-state index contributed by atoms with van der Waals surface area (Å²) in [5.74, 6) is 2.20. The average molecular weight is 407 g/mol. The Morgan fingerprint density at radius 2 is 2.14 bits per heavy atom. The largest absolute Gasteiger partial charge is 0.328 e. The van der Waals surface area contributed by atoms with Gasteiger partial charge < -0.3 is 9.67 Å². The first-order valence-corrected chi connectivity index (χ1v) is 10.4. The minimum absolute atomic E-state index is 0.479. The van der Waals surface area contributed by atoms with Crippen molar-refractivity contribution in [2.45, 2.75) is 38.6 Å². The topological polar surface area (TPSA) is 75.2 Å². The molecule has 3 aromatic heterocycles. The minimum atomic E-state index is 0.479. The van der Waals surface area contributed by atoms with Crippen molar-refractivity contribution in [2.24, 2.45) is 18.9 Å². The first kappa shape index (κ1) is 18.3. The van der Waals surface area contributed by atoms with Crippen LogP contribution in [0.1, 0.15) is 42.9 Å². The number of rotatable bonds is 2. The van der Waals surface area contributed by atoms with Crippen molar-refractivity contribution in [3.05, 3.63) is 47.0 Å². The summed E-state index contributed by atoms with van der Waals surface area (Å²) in [6, 6.07) is 4.55. The van der Waals surface area contributed by atoms with E-state index in [2.05, 4.69) is 20.7 Å². The first-order chi connectivity index (χ1) is 14.0. The van der Waals surface area contributed by atoms with E-state index >= 15 is 0 Å². The molecule has 6 nitrogen and oxygen atoms in total. The fraction of sp³-hybridized carbons (Fsp3) is 0.409. The third-order valence-corrected chi connectivity index (χ3v) is 6.79. The number of aryl methyl sites for hydroxylation is 2. The van der Waals surface area contributed by atoms with Gasteiger partial charge >= 0.3 is 0 Å². The zero-order chi connectivity index (χ0) is 20.1. The summed E-state index contributed by atoms with van der Waals surface area (Å²) in [7, 11) is 1.85. The molecule has 3 heterocycles. The van der Waals surface area contributed by atoms with Crippen molar-refractivity contribution in [3.63, 3.8) is 0 Å². The molecule has 3 unspecified atom stereocenters. The molecule has 5 rings (SSSR count). The SMILES string of the molecule is Cc1cc(C#N)cn(C)[nH]cc1-c1ncc2c(Cl)cn(C3CC4CCC3C4)c2n1. The number of hydrogen-bond donors (Lipinski definition) is 1. The smallest absolute Gasteiger partial charge is 0.163 e. The van der Waals surface area contributed by atoms with Crippen LogP contribution < -0.4 is 0 Å². The van der Waals surface area contributed by atoms with Gasteiger partial charge in [0, 0.05) is 43.4 Å². The lowest BCUT2D eigenvalue weighted by Crippen LogP contribution is -2.15. The summed E-state index contributed by atoms with van der Waals surface area (Å²) in [5, 5.41) is 14.1. The molecule has 2 aliphatic carbocycles. The van der Waals surface area contributed by atoms with Crippen molar-refractivity contribution in [1.82, 2.24) is 24.3 Å². The van der Waals surface area contributed by atoms with Crippen molar-refractivity contribution < 1.29 is 0 Å². The van der Waals surface area contributed by atoms with E-state index < -0.39 is 0 Å². The molecule has 0 saturated heterocycles. The maximum Gasteiger partial charge on any atom is 0.163 e. The van der Waals surface area contributed by atoms with Gasteiger partial charge in [0.25, 0.3) is 0 Å². The van der Waals surface area contributed by atoms with Gasteiger partial charge in [-0.15, -0.1) is 0 Å². The predicted octanol–water partition coefficient (Wildman–Crippen LogP) is 5.08. The Labute approximate surface area is 174 Å². The standard InChI is InChI=1S/C22H23ClN6/c1-13-5-15(8-24)11-28(2)26-10-17(13)21-25-9-18-19(23)12-29(22(18)27-21)20-7-14-3-4-16(20)6-14/h5,9-12,14,16,20,26H,3-4,6-7H2,1-2H3. The van der Waals surface area contributed by atoms with Crippen LogP contribution in [0.5, 0.6) is 0 Å². The van der Waals surface area contributed by atoms with Gasteiger partial charge in [-0.3, -0.25) is 4.68 Å². The number of halogens is 1. The van der Waals surface area contributed by atoms with Crippen LogP contribution in [-0.2, 0) is 7.05 Å². The molecule has 148 valence electrons. The number of nitriles is 1. The summed E-state index contributed by atoms with van der Waals surface area (Å²) in [6.07, 6.45) is 12.7. The minimum Gasteiger partial charge on any atom is -0.328 e. The molecular weight excluding hydrogens is 384 g/mol. The number of aromatic amines is 1. The fourth-order valence-corrected chi connectivity index (χ4v) is 5.34. The molecule has 2 fully saturated rings. The molecule has 3 atom stereocenters. The van der Waals surface area contributed by atoms with Crippen LogP contribution in [0.25, 0.3) is 22.4 Å². The van der Waals surface area contributed by atoms with Gasteiger partial charge in [-0.05, 0) is 49.7 Å². The van der Waals surface area contributed by atoms with Crippen molar-refractivity contribution in [2.75, 3.05) is 0 Å². The second-order valence-corrected chi connectivity index (χ2v) is 8.79. The quantitative estimate of drug-likeness (QED) is 0.644. The zero-order valence-electron chi connectivity index (χ0n) is 16.6. The van der Waals surface area contributed by atoms with Gasteiger partial charge in [-0.25, -0.2) is 9.97 Å². The van der Waals surface area contributed by atoms with Crippen molar-refractivity contribution >= 4 is 22.6 Å². The highest BCUT2D eigenvalue weighted by Crippen LogP contribution is 2.51. The van der Waals surface area contributed by atoms with E-state index in [-0.39, 0.29) is 0 Å². The molecule has 7 heteroatoms. The maximum atomic E-state index is 9.37. The number of aromatic nitrogens is 5. The first-order valence-electron chi connectivity index (χ1n) is 10.1. The molecular formula is C22H23ClN6. The third kappa shape index (κ3) is 3.10. The summed E-state index contributed by atoms with van der Waals surface area (Å²) in [5.41, 5.74) is 3.26. The highest BCUT2D eigenvalue weighted by Gasteiger charge is 2.41. The molecule has 0 aromatic carbocycles. The number of fused-ring (bicyclic) bond motifs is 3. The second-order valence-electron chi connectivity index (χ2n) is 8.38. The van der Waals surface area contributed by atoms with Crippen molar-refractivity contribution in [1.29, 1.82) is 5.26 Å². The van der Waals surface area contributed by atoms with Crippen LogP contribution in [0, 0.1) is 30.1 Å². The fourth-order valence-electron chi connectivity index (χ4n) is 5.10. The van der Waals surface area contributed by atoms with Gasteiger partial charge in [0.05, 0.1) is 16.0 Å². The lowest BCUT2D eigenvalue weighted by atomic mass is 9.95. The Morgan fingerprint density at radius 3 is 2.86 bits per heavy atom. The Kier molecular flexibility index (Phi) is 4.36. The van der Waals surface area contributed by atoms with Gasteiger partial charge in [-0.2, -0.15) is 5.26 Å². The van der Waals surface area contributed by atoms with Gasteiger partial charge in [0.15, 0.2) is 5.82 Å². The van der Waals surface area contributed by atoms with Crippen LogP contribution in [-0.4, -0.2) is 24.3 Å². The zero-order valence-corrected chi connectivity index (χ0v) is 17.3. The van der Waals surface area contributed by atoms with Gasteiger partial charge in [-0.1, -0.05) is 18.0 Å². The van der Waals surface area contributed by atoms with Crippen LogP contribution >= 0.6 is 11.6 Å². The normalized spacial score (nSPS) is 22.8. The van der Waals surface area contributed by atoms with E-state index in [1.165, 1.54) is 25.7 Å². The second kappa shape index (κ2) is 6.93. The molecule has 0 aliphatic heterocycles. The molecule has 0 spiro atoms. The summed E-state index contributed by atoms with van der Waals surface area (Å²) < 4.78 is 4.03. The summed E-state index contributed by atoms with van der Waals surface area (Å²) in [4.78, 5) is 9.54. The third-order valence-electron chi connectivity index (χ3n) is 6.49. The molecule has 29 heavy (non-hydrogen) atoms. The molecule has 3 aromatic rings. The van der Waals surface area contributed by atoms with E-state index in [1.807, 2.05) is 38.6 Å². The van der Waals surface area contributed by atoms with Crippen LogP contribution in [0.15, 0.2) is 30.9 Å². The van der Waals surface area contributed by atoms with E-state index in [4.69, 9.17) is 16.6 Å². The molecule has 0 amide bonds. The number of nitrogens with one attached hydrogen (secondary N) is 1. The predicted molar refractivity (Wildman–Crippen MR) is 113 cm³/mol. The monoisotopic (exact) mass is 406 g/mol.